The van der Waals surface area contributed by atoms with Gasteiger partial charge in [-0.3, -0.25) is 9.59 Å². The molecule has 1 aliphatic rings. The third kappa shape index (κ3) is 3.97. The van der Waals surface area contributed by atoms with E-state index in [1.807, 2.05) is 0 Å². The van der Waals surface area contributed by atoms with Crippen molar-refractivity contribution < 1.29 is 14.4 Å². The van der Waals surface area contributed by atoms with Crippen LogP contribution in [0, 0.1) is 5.92 Å². The van der Waals surface area contributed by atoms with Crippen molar-refractivity contribution in [1.29, 1.82) is 0 Å². The molecule has 1 heterocycles. The number of nitrogens with zero attached hydrogens (tertiary/aromatic N) is 1. The largest absolute Gasteiger partial charge is 0.398 e. The number of carbonyl (C=O) groups excluding carboxylic acids is 2. The molecule has 2 N–H and O–H groups in total. The molecule has 0 spiro atoms. The van der Waals surface area contributed by atoms with Crippen LogP contribution in [0.4, 0.5) is 0 Å². The number of Topliss-reactive ketones (excluding diaryl/α,β-unsaturated/α-hetero) is 1. The molecule has 0 bridgehead atoms. The summed E-state index contributed by atoms with van der Waals surface area (Å²) in [5.74, 6) is -0.679. The molecule has 0 aliphatic carbocycles. The predicted octanol–water partition coefficient (Wildman–Crippen LogP) is 1.86. The molecule has 1 fully saturated rings. The maximum absolute atomic E-state index is 12.5. The summed E-state index contributed by atoms with van der Waals surface area (Å²) in [5, 5.41) is 9.69. The Morgan fingerprint density at radius 1 is 1.45 bits per heavy atom. The Morgan fingerprint density at radius 2 is 2.23 bits per heavy atom. The zero-order valence-electron chi connectivity index (χ0n) is 11.8. The minimum absolute atomic E-state index is 0.102. The molecule has 2 unspecified atom stereocenters. The number of nitrogens with one attached hydrogen (secondary N) is 2. The summed E-state index contributed by atoms with van der Waals surface area (Å²) in [6.07, 6.45) is 1.56. The van der Waals surface area contributed by atoms with Crippen LogP contribution < -0.4 is 10.6 Å². The van der Waals surface area contributed by atoms with E-state index >= 15 is 0 Å². The molecule has 22 heavy (non-hydrogen) atoms. The second-order valence-electron chi connectivity index (χ2n) is 4.81. The molecule has 6 nitrogen and oxygen atoms in total. The number of hydrogen-bond acceptors (Lipinski definition) is 5. The third-order valence-electron chi connectivity index (χ3n) is 3.38. The first kappa shape index (κ1) is 16.7. The van der Waals surface area contributed by atoms with Crippen molar-refractivity contribution in [3.05, 3.63) is 33.8 Å². The first-order chi connectivity index (χ1) is 10.5. The number of hydrogen-bond donors (Lipinski definition) is 2. The van der Waals surface area contributed by atoms with Crippen LogP contribution in [-0.2, 0) is 9.63 Å². The quantitative estimate of drug-likeness (QED) is 0.370. The monoisotopic (exact) mass is 343 g/mol. The van der Waals surface area contributed by atoms with Crippen LogP contribution in [0.25, 0.3) is 0 Å². The van der Waals surface area contributed by atoms with Crippen molar-refractivity contribution in [1.82, 2.24) is 10.6 Å². The zero-order chi connectivity index (χ0) is 16.1. The van der Waals surface area contributed by atoms with Crippen LogP contribution in [-0.4, -0.2) is 37.7 Å². The predicted molar refractivity (Wildman–Crippen MR) is 84.3 cm³/mol. The van der Waals surface area contributed by atoms with E-state index in [0.29, 0.717) is 28.6 Å². The summed E-state index contributed by atoms with van der Waals surface area (Å²) in [6, 6.07) is 4.30. The van der Waals surface area contributed by atoms with Crippen molar-refractivity contribution in [2.45, 2.75) is 12.5 Å². The Bertz CT molecular complexity index is 607. The first-order valence-corrected chi connectivity index (χ1v) is 7.36. The molecule has 1 saturated heterocycles. The maximum Gasteiger partial charge on any atom is 0.242 e. The van der Waals surface area contributed by atoms with Gasteiger partial charge in [0.15, 0.2) is 5.78 Å². The topological polar surface area (TPSA) is 79.8 Å². The van der Waals surface area contributed by atoms with Gasteiger partial charge in [0.1, 0.15) is 13.4 Å². The lowest BCUT2D eigenvalue weighted by Crippen LogP contribution is -2.39. The Morgan fingerprint density at radius 3 is 2.91 bits per heavy atom. The van der Waals surface area contributed by atoms with Crippen LogP contribution in [0.1, 0.15) is 16.8 Å². The molecule has 1 amide bonds. The lowest BCUT2D eigenvalue weighted by Gasteiger charge is -2.10. The van der Waals surface area contributed by atoms with E-state index < -0.39 is 6.04 Å². The third-order valence-corrected chi connectivity index (χ3v) is 3.93. The van der Waals surface area contributed by atoms with E-state index in [1.54, 1.807) is 12.1 Å². The Balaban J connectivity index is 1.99. The molecule has 1 aromatic rings. The molecule has 2 rings (SSSR count). The molecule has 1 aliphatic heterocycles. The van der Waals surface area contributed by atoms with Gasteiger partial charge in [-0.05, 0) is 24.6 Å². The van der Waals surface area contributed by atoms with Gasteiger partial charge >= 0.3 is 0 Å². The van der Waals surface area contributed by atoms with Crippen LogP contribution in [0.3, 0.4) is 0 Å². The summed E-state index contributed by atoms with van der Waals surface area (Å²) in [4.78, 5) is 28.8. The van der Waals surface area contributed by atoms with E-state index in [0.717, 1.165) is 6.34 Å². The lowest BCUT2D eigenvalue weighted by molar-refractivity contribution is -0.121. The molecule has 118 valence electrons. The maximum atomic E-state index is 12.5. The van der Waals surface area contributed by atoms with Gasteiger partial charge < -0.3 is 15.5 Å². The average Bonchev–Trinajstić information content (AvgIpc) is 2.96. The second-order valence-corrected chi connectivity index (χ2v) is 5.65. The normalized spacial score (nSPS) is 21.0. The first-order valence-electron chi connectivity index (χ1n) is 6.61. The Kier molecular flexibility index (Phi) is 5.76. The summed E-state index contributed by atoms with van der Waals surface area (Å²) >= 11 is 11.9. The number of ketones is 1. The summed E-state index contributed by atoms with van der Waals surface area (Å²) in [5.41, 5.74) is 0.417. The van der Waals surface area contributed by atoms with E-state index in [4.69, 9.17) is 23.2 Å². The number of amides is 1. The van der Waals surface area contributed by atoms with Gasteiger partial charge in [-0.2, -0.15) is 0 Å². The number of oxime groups is 1. The summed E-state index contributed by atoms with van der Waals surface area (Å²) in [7, 11) is 1.38. The highest BCUT2D eigenvalue weighted by Gasteiger charge is 2.34. The molecule has 0 radical (unpaired) electrons. The van der Waals surface area contributed by atoms with Gasteiger partial charge in [0.2, 0.25) is 5.91 Å². The number of halogens is 2. The molecule has 0 saturated carbocycles. The average molecular weight is 344 g/mol. The smallest absolute Gasteiger partial charge is 0.242 e. The van der Waals surface area contributed by atoms with E-state index in [1.165, 1.54) is 13.2 Å². The van der Waals surface area contributed by atoms with Crippen LogP contribution in [0.15, 0.2) is 23.4 Å². The van der Waals surface area contributed by atoms with Gasteiger partial charge in [0, 0.05) is 23.0 Å². The fraction of sp³-hybridized carbons (Fsp3) is 0.357. The highest BCUT2D eigenvalue weighted by Crippen LogP contribution is 2.26. The number of rotatable bonds is 5. The minimum atomic E-state index is -0.455. The van der Waals surface area contributed by atoms with Gasteiger partial charge in [-0.1, -0.05) is 28.4 Å². The van der Waals surface area contributed by atoms with Gasteiger partial charge in [-0.25, -0.2) is 0 Å². The fourth-order valence-electron chi connectivity index (χ4n) is 2.29. The molecular weight excluding hydrogens is 329 g/mol. The SMILES string of the molecule is CO/N=C\NC(=O)C1CC(C(=O)c2ccc(Cl)cc2Cl)CN1. The molecular formula is C14H15Cl2N3O3. The van der Waals surface area contributed by atoms with Crippen LogP contribution in [0.5, 0.6) is 0 Å². The Hall–Kier alpha value is -1.63. The van der Waals surface area contributed by atoms with E-state index in [9.17, 15) is 9.59 Å². The van der Waals surface area contributed by atoms with Crippen molar-refractivity contribution >= 4 is 41.2 Å². The van der Waals surface area contributed by atoms with E-state index in [2.05, 4.69) is 20.6 Å². The van der Waals surface area contributed by atoms with Gasteiger partial charge in [0.25, 0.3) is 0 Å². The van der Waals surface area contributed by atoms with Crippen LogP contribution in [0.2, 0.25) is 10.0 Å². The van der Waals surface area contributed by atoms with Crippen molar-refractivity contribution in [2.24, 2.45) is 11.1 Å². The number of benzene rings is 1. The van der Waals surface area contributed by atoms with Gasteiger partial charge in [-0.15, -0.1) is 0 Å². The molecule has 8 heteroatoms. The summed E-state index contributed by atoms with van der Waals surface area (Å²) < 4.78 is 0. The molecule has 0 aromatic heterocycles. The van der Waals surface area contributed by atoms with Gasteiger partial charge in [0.05, 0.1) is 11.1 Å². The van der Waals surface area contributed by atoms with Crippen molar-refractivity contribution in [3.63, 3.8) is 0 Å². The lowest BCUT2D eigenvalue weighted by atomic mass is 9.95. The minimum Gasteiger partial charge on any atom is -0.398 e. The Labute approximate surface area is 137 Å². The van der Waals surface area contributed by atoms with E-state index in [-0.39, 0.29) is 17.6 Å². The zero-order valence-corrected chi connectivity index (χ0v) is 13.3. The number of carbonyl (C=O) groups is 2. The van der Waals surface area contributed by atoms with Crippen molar-refractivity contribution in [3.8, 4) is 0 Å². The second kappa shape index (κ2) is 7.58. The highest BCUT2D eigenvalue weighted by atomic mass is 35.5. The summed E-state index contributed by atoms with van der Waals surface area (Å²) in [6.45, 7) is 0.414. The highest BCUT2D eigenvalue weighted by molar-refractivity contribution is 6.36. The fourth-order valence-corrected chi connectivity index (χ4v) is 2.79. The molecule has 2 atom stereocenters. The molecule has 1 aromatic carbocycles. The standard InChI is InChI=1S/C14H15Cl2N3O3/c1-22-19-7-18-14(21)12-4-8(6-17-12)13(20)10-3-2-9(15)5-11(10)16/h2-3,5,7-8,12,17H,4,6H2,1H3,(H,18,19,21). The van der Waals surface area contributed by atoms with Crippen LogP contribution >= 0.6 is 23.2 Å². The van der Waals surface area contributed by atoms with Crippen molar-refractivity contribution in [2.75, 3.05) is 13.7 Å².